The summed E-state index contributed by atoms with van der Waals surface area (Å²) < 4.78 is 47.7. The number of hydrogen-bond acceptors (Lipinski definition) is 4. The normalized spacial score (nSPS) is 12.2. The number of rotatable bonds is 6. The van der Waals surface area contributed by atoms with E-state index in [9.17, 15) is 18.0 Å². The maximum Gasteiger partial charge on any atom is 0.416 e. The van der Waals surface area contributed by atoms with Crippen molar-refractivity contribution in [1.29, 1.82) is 0 Å². The molecular formula is C25H19F3N2O3. The van der Waals surface area contributed by atoms with Crippen molar-refractivity contribution >= 4 is 27.2 Å². The first-order valence-corrected chi connectivity index (χ1v) is 10.4. The molecule has 0 saturated carbocycles. The Morgan fingerprint density at radius 3 is 2.61 bits per heavy atom. The minimum Gasteiger partial charge on any atom is -0.493 e. The van der Waals surface area contributed by atoms with E-state index in [1.807, 2.05) is 6.07 Å². The van der Waals surface area contributed by atoms with Crippen molar-refractivity contribution in [3.63, 3.8) is 0 Å². The molecule has 33 heavy (non-hydrogen) atoms. The molecule has 0 saturated heterocycles. The molecule has 1 N–H and O–H groups in total. The molecule has 0 fully saturated rings. The Bertz CT molecular complexity index is 1510. The van der Waals surface area contributed by atoms with Gasteiger partial charge in [0, 0.05) is 54.4 Å². The molecule has 0 aliphatic carbocycles. The minimum atomic E-state index is -4.49. The van der Waals surface area contributed by atoms with Crippen LogP contribution >= 0.6 is 0 Å². The zero-order chi connectivity index (χ0) is 23.2. The number of nitrogens with zero attached hydrogens (tertiary/aromatic N) is 2. The van der Waals surface area contributed by atoms with E-state index < -0.39 is 11.7 Å². The van der Waals surface area contributed by atoms with Gasteiger partial charge in [-0.15, -0.1) is 0 Å². The Balaban J connectivity index is 1.80. The Morgan fingerprint density at radius 2 is 1.88 bits per heavy atom. The van der Waals surface area contributed by atoms with E-state index in [1.54, 1.807) is 41.2 Å². The Labute approximate surface area is 186 Å². The fraction of sp³-hybridized carbons (Fsp3) is 0.200. The first-order chi connectivity index (χ1) is 15.9. The predicted octanol–water partition coefficient (Wildman–Crippen LogP) is 4.81. The van der Waals surface area contributed by atoms with Crippen molar-refractivity contribution in [2.45, 2.75) is 19.0 Å². The molecule has 0 spiro atoms. The average Bonchev–Trinajstić information content (AvgIpc) is 3.11. The second-order valence-electron chi connectivity index (χ2n) is 7.91. The number of pyridine rings is 2. The summed E-state index contributed by atoms with van der Waals surface area (Å²) in [4.78, 5) is 17.5. The third-order valence-corrected chi connectivity index (χ3v) is 5.71. The summed E-state index contributed by atoms with van der Waals surface area (Å²) in [6.07, 6.45) is 1.14. The van der Waals surface area contributed by atoms with Gasteiger partial charge in [0.25, 0.3) is 0 Å². The molecule has 2 aromatic carbocycles. The smallest absolute Gasteiger partial charge is 0.416 e. The summed E-state index contributed by atoms with van der Waals surface area (Å²) >= 11 is 0. The standard InChI is InChI=1S/C25H19F3N2O3/c26-25(27,28)17-4-5-19-20-11-18(33-8-2-7-31)12-21-23(20)30(22(19)10-17)14-16(24(21)32)9-15-3-1-6-29-13-15/h1,3-6,10-14,31H,2,7-9H2. The molecule has 5 nitrogen and oxygen atoms in total. The number of benzene rings is 2. The van der Waals surface area contributed by atoms with Gasteiger partial charge in [-0.2, -0.15) is 13.2 Å². The predicted molar refractivity (Wildman–Crippen MR) is 119 cm³/mol. The fourth-order valence-corrected chi connectivity index (χ4v) is 4.21. The van der Waals surface area contributed by atoms with Gasteiger partial charge >= 0.3 is 6.18 Å². The van der Waals surface area contributed by atoms with Crippen LogP contribution in [0.4, 0.5) is 13.2 Å². The van der Waals surface area contributed by atoms with E-state index in [4.69, 9.17) is 9.84 Å². The molecule has 3 heterocycles. The van der Waals surface area contributed by atoms with Crippen LogP contribution in [0.25, 0.3) is 27.2 Å². The van der Waals surface area contributed by atoms with Crippen LogP contribution < -0.4 is 10.2 Å². The number of alkyl halides is 3. The van der Waals surface area contributed by atoms with Gasteiger partial charge in [0.2, 0.25) is 0 Å². The molecule has 0 amide bonds. The van der Waals surface area contributed by atoms with Crippen molar-refractivity contribution in [2.24, 2.45) is 0 Å². The molecule has 168 valence electrons. The highest BCUT2D eigenvalue weighted by Gasteiger charge is 2.31. The monoisotopic (exact) mass is 452 g/mol. The van der Waals surface area contributed by atoms with Gasteiger partial charge in [0.05, 0.1) is 28.6 Å². The highest BCUT2D eigenvalue weighted by atomic mass is 19.4. The summed E-state index contributed by atoms with van der Waals surface area (Å²) in [6.45, 7) is 0.219. The third kappa shape index (κ3) is 3.76. The Morgan fingerprint density at radius 1 is 1.06 bits per heavy atom. The lowest BCUT2D eigenvalue weighted by atomic mass is 10.0. The summed E-state index contributed by atoms with van der Waals surface area (Å²) in [7, 11) is 0. The first kappa shape index (κ1) is 21.2. The zero-order valence-corrected chi connectivity index (χ0v) is 17.4. The lowest BCUT2D eigenvalue weighted by molar-refractivity contribution is -0.137. The van der Waals surface area contributed by atoms with Crippen LogP contribution in [0.3, 0.4) is 0 Å². The van der Waals surface area contributed by atoms with Gasteiger partial charge < -0.3 is 14.2 Å². The van der Waals surface area contributed by atoms with Gasteiger partial charge in [0.1, 0.15) is 5.75 Å². The second kappa shape index (κ2) is 8.04. The van der Waals surface area contributed by atoms with E-state index in [0.717, 1.165) is 17.7 Å². The van der Waals surface area contributed by atoms with Gasteiger partial charge in [0.15, 0.2) is 5.43 Å². The van der Waals surface area contributed by atoms with E-state index in [0.29, 0.717) is 51.3 Å². The quantitative estimate of drug-likeness (QED) is 0.376. The Hall–Kier alpha value is -3.65. The maximum absolute atomic E-state index is 13.4. The van der Waals surface area contributed by atoms with E-state index in [1.165, 1.54) is 6.07 Å². The van der Waals surface area contributed by atoms with E-state index in [-0.39, 0.29) is 18.6 Å². The van der Waals surface area contributed by atoms with Crippen molar-refractivity contribution < 1.29 is 23.0 Å². The van der Waals surface area contributed by atoms with Crippen molar-refractivity contribution in [1.82, 2.24) is 9.38 Å². The third-order valence-electron chi connectivity index (χ3n) is 5.71. The Kier molecular flexibility index (Phi) is 5.17. The van der Waals surface area contributed by atoms with E-state index >= 15 is 0 Å². The van der Waals surface area contributed by atoms with Crippen LogP contribution in [0, 0.1) is 0 Å². The average molecular weight is 452 g/mol. The molecule has 0 atom stereocenters. The second-order valence-corrected chi connectivity index (χ2v) is 7.91. The summed E-state index contributed by atoms with van der Waals surface area (Å²) in [5.41, 5.74) is 1.22. The molecule has 8 heteroatoms. The molecular weight excluding hydrogens is 433 g/mol. The number of aliphatic hydroxyl groups is 1. The number of fused-ring (bicyclic) bond motifs is 3. The minimum absolute atomic E-state index is 0.0362. The molecule has 0 aliphatic rings. The van der Waals surface area contributed by atoms with Crippen LogP contribution in [0.5, 0.6) is 5.75 Å². The molecule has 3 aromatic heterocycles. The summed E-state index contributed by atoms with van der Waals surface area (Å²) in [6, 6.07) is 10.6. The summed E-state index contributed by atoms with van der Waals surface area (Å²) in [5.74, 6) is 0.431. The highest BCUT2D eigenvalue weighted by Crippen LogP contribution is 2.38. The molecule has 0 radical (unpaired) electrons. The number of halogens is 3. The SMILES string of the molecule is O=c1c(Cc2cccnc2)cn2c3cc(C(F)(F)F)ccc3c3cc(OCCCO)cc1c32. The van der Waals surface area contributed by atoms with Crippen LogP contribution in [-0.4, -0.2) is 27.7 Å². The number of aliphatic hydroxyl groups excluding tert-OH is 1. The fourth-order valence-electron chi connectivity index (χ4n) is 4.21. The topological polar surface area (TPSA) is 63.8 Å². The molecule has 0 aliphatic heterocycles. The largest absolute Gasteiger partial charge is 0.493 e. The van der Waals surface area contributed by atoms with Crippen LogP contribution in [-0.2, 0) is 12.6 Å². The van der Waals surface area contributed by atoms with Gasteiger partial charge in [-0.3, -0.25) is 9.78 Å². The van der Waals surface area contributed by atoms with Crippen molar-refractivity contribution in [3.8, 4) is 5.75 Å². The number of aromatic nitrogens is 2. The van der Waals surface area contributed by atoms with Crippen LogP contribution in [0.15, 0.2) is 65.8 Å². The summed E-state index contributed by atoms with van der Waals surface area (Å²) in [5, 5.41) is 10.6. The molecule has 0 unspecified atom stereocenters. The number of ether oxygens (including phenoxy) is 1. The number of hydrogen-bond donors (Lipinski definition) is 1. The maximum atomic E-state index is 13.4. The van der Waals surface area contributed by atoms with Gasteiger partial charge in [-0.25, -0.2) is 0 Å². The van der Waals surface area contributed by atoms with Gasteiger partial charge in [-0.05, 0) is 35.9 Å². The molecule has 0 bridgehead atoms. The van der Waals surface area contributed by atoms with Gasteiger partial charge in [-0.1, -0.05) is 12.1 Å². The molecule has 5 rings (SSSR count). The lowest BCUT2D eigenvalue weighted by Crippen LogP contribution is -2.12. The van der Waals surface area contributed by atoms with E-state index in [2.05, 4.69) is 4.98 Å². The zero-order valence-electron chi connectivity index (χ0n) is 17.4. The van der Waals surface area contributed by atoms with Crippen LogP contribution in [0.2, 0.25) is 0 Å². The highest BCUT2D eigenvalue weighted by molar-refractivity contribution is 6.14. The first-order valence-electron chi connectivity index (χ1n) is 10.4. The van der Waals surface area contributed by atoms with Crippen molar-refractivity contribution in [2.75, 3.05) is 13.2 Å². The van der Waals surface area contributed by atoms with Crippen molar-refractivity contribution in [3.05, 3.63) is 88.0 Å². The van der Waals surface area contributed by atoms with Crippen LogP contribution in [0.1, 0.15) is 23.1 Å². The molecule has 5 aromatic rings. The lowest BCUT2D eigenvalue weighted by Gasteiger charge is -2.10.